The Labute approximate surface area is 112 Å². The second-order valence-corrected chi connectivity index (χ2v) is 5.05. The van der Waals surface area contributed by atoms with Crippen LogP contribution in [0.1, 0.15) is 23.2 Å². The van der Waals surface area contributed by atoms with Crippen LogP contribution in [0.4, 0.5) is 5.69 Å². The van der Waals surface area contributed by atoms with Crippen molar-refractivity contribution in [2.75, 3.05) is 25.9 Å². The summed E-state index contributed by atoms with van der Waals surface area (Å²) < 4.78 is 0. The van der Waals surface area contributed by atoms with Gasteiger partial charge in [-0.2, -0.15) is 0 Å². The summed E-state index contributed by atoms with van der Waals surface area (Å²) in [4.78, 5) is 14.2. The number of amides is 1. The molecule has 0 saturated heterocycles. The van der Waals surface area contributed by atoms with Crippen molar-refractivity contribution in [2.45, 2.75) is 18.9 Å². The van der Waals surface area contributed by atoms with E-state index in [2.05, 4.69) is 17.3 Å². The van der Waals surface area contributed by atoms with Crippen LogP contribution in [0.5, 0.6) is 0 Å². The molecular weight excluding hydrogens is 250 g/mol. The van der Waals surface area contributed by atoms with Crippen LogP contribution in [0.25, 0.3) is 0 Å². The van der Waals surface area contributed by atoms with E-state index in [0.29, 0.717) is 28.9 Å². The van der Waals surface area contributed by atoms with Crippen molar-refractivity contribution in [3.8, 4) is 0 Å². The molecule has 0 radical (unpaired) electrons. The van der Waals surface area contributed by atoms with Gasteiger partial charge in [-0.25, -0.2) is 0 Å². The van der Waals surface area contributed by atoms with Gasteiger partial charge in [0, 0.05) is 19.1 Å². The Morgan fingerprint density at radius 2 is 2.28 bits per heavy atom. The number of anilines is 1. The molecule has 0 atom stereocenters. The Balaban J connectivity index is 1.85. The lowest BCUT2D eigenvalue weighted by molar-refractivity contribution is 0.0949. The Morgan fingerprint density at radius 1 is 1.56 bits per heavy atom. The van der Waals surface area contributed by atoms with E-state index < -0.39 is 0 Å². The highest BCUT2D eigenvalue weighted by Crippen LogP contribution is 2.25. The highest BCUT2D eigenvalue weighted by Gasteiger charge is 2.25. The zero-order chi connectivity index (χ0) is 13.1. The molecule has 3 N–H and O–H groups in total. The smallest absolute Gasteiger partial charge is 0.252 e. The number of halogens is 1. The zero-order valence-corrected chi connectivity index (χ0v) is 11.2. The molecule has 1 aromatic rings. The summed E-state index contributed by atoms with van der Waals surface area (Å²) in [5.41, 5.74) is 6.53. The van der Waals surface area contributed by atoms with E-state index in [1.807, 2.05) is 0 Å². The standard InChI is InChI=1S/C13H18ClN3O/c1-17(9-5-6-9)8-7-16-13(18)10-3-2-4-11(15)12(10)14/h2-4,9H,5-8,15H2,1H3,(H,16,18). The lowest BCUT2D eigenvalue weighted by Gasteiger charge is -2.16. The third-order valence-electron chi connectivity index (χ3n) is 3.19. The van der Waals surface area contributed by atoms with Gasteiger partial charge < -0.3 is 16.0 Å². The maximum atomic E-state index is 11.9. The Kier molecular flexibility index (Phi) is 4.09. The van der Waals surface area contributed by atoms with Crippen LogP contribution in [0.2, 0.25) is 5.02 Å². The minimum absolute atomic E-state index is 0.170. The first-order valence-corrected chi connectivity index (χ1v) is 6.50. The van der Waals surface area contributed by atoms with Crippen LogP contribution < -0.4 is 11.1 Å². The first kappa shape index (κ1) is 13.2. The molecule has 1 amide bonds. The molecule has 1 saturated carbocycles. The van der Waals surface area contributed by atoms with Gasteiger partial charge in [0.05, 0.1) is 16.3 Å². The molecule has 2 rings (SSSR count). The van der Waals surface area contributed by atoms with Crippen LogP contribution in [0, 0.1) is 0 Å². The van der Waals surface area contributed by atoms with Crippen molar-refractivity contribution in [3.05, 3.63) is 28.8 Å². The summed E-state index contributed by atoms with van der Waals surface area (Å²) >= 11 is 5.99. The van der Waals surface area contributed by atoms with Crippen LogP contribution in [0.15, 0.2) is 18.2 Å². The molecular formula is C13H18ClN3O. The molecule has 1 aliphatic carbocycles. The predicted molar refractivity (Wildman–Crippen MR) is 73.8 cm³/mol. The molecule has 0 aliphatic heterocycles. The monoisotopic (exact) mass is 267 g/mol. The quantitative estimate of drug-likeness (QED) is 0.799. The molecule has 1 fully saturated rings. The largest absolute Gasteiger partial charge is 0.398 e. The van der Waals surface area contributed by atoms with Gasteiger partial charge in [0.25, 0.3) is 5.91 Å². The number of hydrogen-bond donors (Lipinski definition) is 2. The first-order valence-electron chi connectivity index (χ1n) is 6.12. The second kappa shape index (κ2) is 5.59. The zero-order valence-electron chi connectivity index (χ0n) is 10.4. The maximum absolute atomic E-state index is 11.9. The van der Waals surface area contributed by atoms with E-state index in [-0.39, 0.29) is 5.91 Å². The van der Waals surface area contributed by atoms with Gasteiger partial charge in [-0.15, -0.1) is 0 Å². The predicted octanol–water partition coefficient (Wildman–Crippen LogP) is 1.75. The number of hydrogen-bond acceptors (Lipinski definition) is 3. The Bertz CT molecular complexity index is 446. The number of nitrogens with zero attached hydrogens (tertiary/aromatic N) is 1. The molecule has 18 heavy (non-hydrogen) atoms. The van der Waals surface area contributed by atoms with Gasteiger partial charge in [-0.1, -0.05) is 17.7 Å². The number of carbonyl (C=O) groups excluding carboxylic acids is 1. The molecule has 0 aromatic heterocycles. The number of nitrogen functional groups attached to an aromatic ring is 1. The average molecular weight is 268 g/mol. The molecule has 0 unspecified atom stereocenters. The van der Waals surface area contributed by atoms with E-state index >= 15 is 0 Å². The Hall–Kier alpha value is -1.26. The summed E-state index contributed by atoms with van der Waals surface area (Å²) in [5.74, 6) is -0.170. The average Bonchev–Trinajstić information content (AvgIpc) is 3.16. The number of likely N-dealkylation sites (N-methyl/N-ethyl adjacent to an activating group) is 1. The van der Waals surface area contributed by atoms with Crippen molar-refractivity contribution >= 4 is 23.2 Å². The lowest BCUT2D eigenvalue weighted by Crippen LogP contribution is -2.34. The summed E-state index contributed by atoms with van der Waals surface area (Å²) in [6.45, 7) is 1.48. The fourth-order valence-electron chi connectivity index (χ4n) is 1.86. The fraction of sp³-hybridized carbons (Fsp3) is 0.462. The topological polar surface area (TPSA) is 58.4 Å². The Morgan fingerprint density at radius 3 is 2.94 bits per heavy atom. The van der Waals surface area contributed by atoms with Crippen molar-refractivity contribution in [1.29, 1.82) is 0 Å². The molecule has 4 nitrogen and oxygen atoms in total. The number of nitrogens with one attached hydrogen (secondary N) is 1. The van der Waals surface area contributed by atoms with E-state index in [9.17, 15) is 4.79 Å². The number of nitrogens with two attached hydrogens (primary N) is 1. The highest BCUT2D eigenvalue weighted by molar-refractivity contribution is 6.36. The van der Waals surface area contributed by atoms with E-state index in [1.165, 1.54) is 12.8 Å². The van der Waals surface area contributed by atoms with E-state index in [0.717, 1.165) is 6.54 Å². The van der Waals surface area contributed by atoms with E-state index in [1.54, 1.807) is 18.2 Å². The minimum atomic E-state index is -0.170. The van der Waals surface area contributed by atoms with Crippen molar-refractivity contribution < 1.29 is 4.79 Å². The normalized spacial score (nSPS) is 14.8. The molecule has 0 heterocycles. The number of rotatable bonds is 5. The third kappa shape index (κ3) is 3.15. The van der Waals surface area contributed by atoms with Gasteiger partial charge in [0.1, 0.15) is 0 Å². The highest BCUT2D eigenvalue weighted by atomic mass is 35.5. The fourth-order valence-corrected chi connectivity index (χ4v) is 2.08. The molecule has 5 heteroatoms. The third-order valence-corrected chi connectivity index (χ3v) is 3.62. The minimum Gasteiger partial charge on any atom is -0.398 e. The second-order valence-electron chi connectivity index (χ2n) is 4.68. The lowest BCUT2D eigenvalue weighted by atomic mass is 10.2. The van der Waals surface area contributed by atoms with Crippen molar-refractivity contribution in [1.82, 2.24) is 10.2 Å². The summed E-state index contributed by atoms with van der Waals surface area (Å²) in [6, 6.07) is 5.79. The first-order chi connectivity index (χ1) is 8.59. The van der Waals surface area contributed by atoms with Gasteiger partial charge >= 0.3 is 0 Å². The summed E-state index contributed by atoms with van der Waals surface area (Å²) in [6.07, 6.45) is 2.54. The van der Waals surface area contributed by atoms with Crippen LogP contribution in [-0.2, 0) is 0 Å². The van der Waals surface area contributed by atoms with Crippen LogP contribution in [0.3, 0.4) is 0 Å². The molecule has 0 bridgehead atoms. The van der Waals surface area contributed by atoms with Gasteiger partial charge in [0.2, 0.25) is 0 Å². The van der Waals surface area contributed by atoms with Crippen molar-refractivity contribution in [3.63, 3.8) is 0 Å². The SMILES string of the molecule is CN(CCNC(=O)c1cccc(N)c1Cl)C1CC1. The van der Waals surface area contributed by atoms with Crippen LogP contribution in [-0.4, -0.2) is 37.0 Å². The van der Waals surface area contributed by atoms with Gasteiger partial charge in [0.15, 0.2) is 0 Å². The number of benzene rings is 1. The summed E-state index contributed by atoms with van der Waals surface area (Å²) in [7, 11) is 2.08. The van der Waals surface area contributed by atoms with Gasteiger partial charge in [-0.3, -0.25) is 4.79 Å². The van der Waals surface area contributed by atoms with Gasteiger partial charge in [-0.05, 0) is 32.0 Å². The molecule has 1 aliphatic rings. The number of carbonyl (C=O) groups is 1. The van der Waals surface area contributed by atoms with Crippen molar-refractivity contribution in [2.24, 2.45) is 0 Å². The molecule has 0 spiro atoms. The van der Waals surface area contributed by atoms with E-state index in [4.69, 9.17) is 17.3 Å². The summed E-state index contributed by atoms with van der Waals surface area (Å²) in [5, 5.41) is 3.18. The molecule has 1 aromatic carbocycles. The maximum Gasteiger partial charge on any atom is 0.252 e. The molecule has 98 valence electrons. The van der Waals surface area contributed by atoms with Crippen LogP contribution >= 0.6 is 11.6 Å².